The van der Waals surface area contributed by atoms with Gasteiger partial charge in [-0.1, -0.05) is 122 Å². The Hall–Kier alpha value is -1.32. The first-order chi connectivity index (χ1) is 18.6. The van der Waals surface area contributed by atoms with Crippen LogP contribution in [0, 0.1) is 0 Å². The molecular weight excluding hydrogens is 472 g/mol. The quantitative estimate of drug-likeness (QED) is 0.0563. The molecule has 1 atom stereocenters. The summed E-state index contributed by atoms with van der Waals surface area (Å²) in [5, 5.41) is 8.88. The van der Waals surface area contributed by atoms with E-state index in [1.165, 1.54) is 116 Å². The van der Waals surface area contributed by atoms with Crippen molar-refractivity contribution in [2.75, 3.05) is 0 Å². The number of hydrogen-bond donors (Lipinski definition) is 1. The molecule has 0 spiro atoms. The zero-order valence-corrected chi connectivity index (χ0v) is 25.5. The average Bonchev–Trinajstić information content (AvgIpc) is 2.90. The fraction of sp³-hybridized carbons (Fsp3) is 0.882. The van der Waals surface area contributed by atoms with Gasteiger partial charge in [-0.25, -0.2) is 0 Å². The fourth-order valence-electron chi connectivity index (χ4n) is 5.00. The van der Waals surface area contributed by atoms with E-state index >= 15 is 0 Å². The highest BCUT2D eigenvalue weighted by Crippen LogP contribution is 2.18. The topological polar surface area (TPSA) is 63.6 Å². The van der Waals surface area contributed by atoms with Crippen LogP contribution in [0.25, 0.3) is 0 Å². The predicted molar refractivity (Wildman–Crippen MR) is 163 cm³/mol. The lowest BCUT2D eigenvalue weighted by Gasteiger charge is -2.18. The van der Waals surface area contributed by atoms with Crippen molar-refractivity contribution >= 4 is 11.9 Å². The van der Waals surface area contributed by atoms with Crippen molar-refractivity contribution in [2.24, 2.45) is 0 Å². The zero-order valence-electron chi connectivity index (χ0n) is 25.5. The Morgan fingerprint density at radius 3 is 1.45 bits per heavy atom. The SMILES string of the molecule is CCCCCCCC/C=C\CCCCCCCC(=O)OC(CCCCCCCCCC)CCCCC(=O)O. The minimum Gasteiger partial charge on any atom is -0.481 e. The summed E-state index contributed by atoms with van der Waals surface area (Å²) in [6.45, 7) is 4.51. The molecule has 4 nitrogen and oxygen atoms in total. The summed E-state index contributed by atoms with van der Waals surface area (Å²) in [5.41, 5.74) is 0. The number of carbonyl (C=O) groups is 2. The first kappa shape index (κ1) is 36.7. The van der Waals surface area contributed by atoms with E-state index in [0.29, 0.717) is 12.8 Å². The minimum atomic E-state index is -0.745. The third-order valence-electron chi connectivity index (χ3n) is 7.49. The zero-order chi connectivity index (χ0) is 27.9. The maximum atomic E-state index is 12.4. The van der Waals surface area contributed by atoms with E-state index in [4.69, 9.17) is 9.84 Å². The number of aliphatic carboxylic acids is 1. The van der Waals surface area contributed by atoms with Crippen LogP contribution >= 0.6 is 0 Å². The van der Waals surface area contributed by atoms with Crippen molar-refractivity contribution < 1.29 is 19.4 Å². The third kappa shape index (κ3) is 29.2. The molecule has 0 rings (SSSR count). The molecule has 0 aliphatic rings. The van der Waals surface area contributed by atoms with E-state index in [-0.39, 0.29) is 18.5 Å². The monoisotopic (exact) mass is 536 g/mol. The van der Waals surface area contributed by atoms with Crippen molar-refractivity contribution in [3.63, 3.8) is 0 Å². The highest BCUT2D eigenvalue weighted by atomic mass is 16.5. The number of rotatable bonds is 30. The summed E-state index contributed by atoms with van der Waals surface area (Å²) in [5.74, 6) is -0.809. The highest BCUT2D eigenvalue weighted by Gasteiger charge is 2.14. The van der Waals surface area contributed by atoms with Crippen molar-refractivity contribution in [3.8, 4) is 0 Å². The van der Waals surface area contributed by atoms with Gasteiger partial charge in [0.2, 0.25) is 0 Å². The number of carboxylic acids is 1. The number of carboxylic acid groups (broad SMARTS) is 1. The predicted octanol–water partition coefficient (Wildman–Crippen LogP) is 11.1. The van der Waals surface area contributed by atoms with E-state index in [1.54, 1.807) is 0 Å². The van der Waals surface area contributed by atoms with Crippen LogP contribution < -0.4 is 0 Å². The first-order valence-corrected chi connectivity index (χ1v) is 16.7. The lowest BCUT2D eigenvalue weighted by atomic mass is 10.0. The van der Waals surface area contributed by atoms with E-state index in [9.17, 15) is 9.59 Å². The standard InChI is InChI=1S/C34H64O4/c1-3-5-7-9-11-13-14-15-16-17-18-19-21-23-25-31-34(37)38-32(29-26-27-30-33(35)36)28-24-22-20-12-10-8-6-4-2/h15-16,32H,3-14,17-31H2,1-2H3,(H,35,36)/b16-15-. The van der Waals surface area contributed by atoms with Crippen molar-refractivity contribution in [3.05, 3.63) is 12.2 Å². The first-order valence-electron chi connectivity index (χ1n) is 16.7. The second kappa shape index (κ2) is 30.2. The van der Waals surface area contributed by atoms with Gasteiger partial charge in [0.15, 0.2) is 0 Å². The van der Waals surface area contributed by atoms with Gasteiger partial charge in [0, 0.05) is 12.8 Å². The average molecular weight is 537 g/mol. The van der Waals surface area contributed by atoms with Gasteiger partial charge in [0.05, 0.1) is 0 Å². The molecule has 0 aromatic carbocycles. The number of carbonyl (C=O) groups excluding carboxylic acids is 1. The molecule has 0 aliphatic carbocycles. The number of hydrogen-bond acceptors (Lipinski definition) is 3. The second-order valence-corrected chi connectivity index (χ2v) is 11.3. The van der Waals surface area contributed by atoms with Gasteiger partial charge in [0.1, 0.15) is 6.10 Å². The second-order valence-electron chi connectivity index (χ2n) is 11.3. The molecule has 0 amide bonds. The largest absolute Gasteiger partial charge is 0.481 e. The maximum Gasteiger partial charge on any atom is 0.306 e. The Labute approximate surface area is 236 Å². The van der Waals surface area contributed by atoms with E-state index in [0.717, 1.165) is 38.5 Å². The van der Waals surface area contributed by atoms with Gasteiger partial charge in [-0.05, 0) is 64.2 Å². The highest BCUT2D eigenvalue weighted by molar-refractivity contribution is 5.69. The Kier molecular flexibility index (Phi) is 29.2. The molecule has 1 unspecified atom stereocenters. The van der Waals surface area contributed by atoms with Crippen LogP contribution in [0.4, 0.5) is 0 Å². The van der Waals surface area contributed by atoms with Crippen LogP contribution in [-0.4, -0.2) is 23.1 Å². The summed E-state index contributed by atoms with van der Waals surface area (Å²) in [6, 6.07) is 0. The molecule has 224 valence electrons. The molecule has 38 heavy (non-hydrogen) atoms. The van der Waals surface area contributed by atoms with Crippen LogP contribution in [-0.2, 0) is 14.3 Å². The number of ether oxygens (including phenoxy) is 1. The minimum absolute atomic E-state index is 0.0421. The Morgan fingerprint density at radius 2 is 0.947 bits per heavy atom. The van der Waals surface area contributed by atoms with Crippen LogP contribution in [0.2, 0.25) is 0 Å². The van der Waals surface area contributed by atoms with Gasteiger partial charge in [-0.2, -0.15) is 0 Å². The Balaban J connectivity index is 3.87. The number of allylic oxidation sites excluding steroid dienone is 2. The van der Waals surface area contributed by atoms with Crippen molar-refractivity contribution in [2.45, 2.75) is 193 Å². The molecule has 1 N–H and O–H groups in total. The molecule has 0 aliphatic heterocycles. The molecule has 0 saturated heterocycles. The van der Waals surface area contributed by atoms with Gasteiger partial charge < -0.3 is 9.84 Å². The maximum absolute atomic E-state index is 12.4. The summed E-state index contributed by atoms with van der Waals surface area (Å²) in [7, 11) is 0. The Bertz CT molecular complexity index is 543. The van der Waals surface area contributed by atoms with Gasteiger partial charge in [-0.3, -0.25) is 9.59 Å². The van der Waals surface area contributed by atoms with Crippen molar-refractivity contribution in [1.29, 1.82) is 0 Å². The van der Waals surface area contributed by atoms with E-state index in [2.05, 4.69) is 26.0 Å². The number of unbranched alkanes of at least 4 members (excludes halogenated alkanes) is 19. The van der Waals surface area contributed by atoms with Crippen LogP contribution in [0.1, 0.15) is 187 Å². The van der Waals surface area contributed by atoms with E-state index in [1.807, 2.05) is 0 Å². The fourth-order valence-corrected chi connectivity index (χ4v) is 5.00. The van der Waals surface area contributed by atoms with Crippen molar-refractivity contribution in [1.82, 2.24) is 0 Å². The normalized spacial score (nSPS) is 12.3. The molecule has 4 heteroatoms. The third-order valence-corrected chi connectivity index (χ3v) is 7.49. The van der Waals surface area contributed by atoms with Gasteiger partial charge in [-0.15, -0.1) is 0 Å². The van der Waals surface area contributed by atoms with E-state index < -0.39 is 5.97 Å². The summed E-state index contributed by atoms with van der Waals surface area (Å²) in [4.78, 5) is 23.2. The molecule has 0 aromatic heterocycles. The molecule has 0 radical (unpaired) electrons. The van der Waals surface area contributed by atoms with Crippen LogP contribution in [0.3, 0.4) is 0 Å². The summed E-state index contributed by atoms with van der Waals surface area (Å²) < 4.78 is 5.84. The summed E-state index contributed by atoms with van der Waals surface area (Å²) >= 11 is 0. The van der Waals surface area contributed by atoms with Crippen LogP contribution in [0.5, 0.6) is 0 Å². The lowest BCUT2D eigenvalue weighted by Crippen LogP contribution is -2.18. The molecule has 0 fully saturated rings. The lowest BCUT2D eigenvalue weighted by molar-refractivity contribution is -0.150. The number of esters is 1. The van der Waals surface area contributed by atoms with Gasteiger partial charge in [0.25, 0.3) is 0 Å². The molecule has 0 bridgehead atoms. The smallest absolute Gasteiger partial charge is 0.306 e. The molecule has 0 aromatic rings. The van der Waals surface area contributed by atoms with Gasteiger partial charge >= 0.3 is 11.9 Å². The molecular formula is C34H64O4. The molecule has 0 heterocycles. The van der Waals surface area contributed by atoms with Crippen LogP contribution in [0.15, 0.2) is 12.2 Å². The molecule has 0 saturated carbocycles. The Morgan fingerprint density at radius 1 is 0.553 bits per heavy atom. The summed E-state index contributed by atoms with van der Waals surface area (Å²) in [6.07, 6.45) is 35.0.